The number of nitrogens with one attached hydrogen (secondary N) is 2. The fourth-order valence-electron chi connectivity index (χ4n) is 2.22. The highest BCUT2D eigenvalue weighted by atomic mass is 32.1. The van der Waals surface area contributed by atoms with Gasteiger partial charge in [-0.05, 0) is 30.3 Å². The van der Waals surface area contributed by atoms with Crippen molar-refractivity contribution in [3.63, 3.8) is 0 Å². The summed E-state index contributed by atoms with van der Waals surface area (Å²) in [5.74, 6) is -0.893. The first-order valence-corrected chi connectivity index (χ1v) is 8.30. The second kappa shape index (κ2) is 7.23. The van der Waals surface area contributed by atoms with Crippen LogP contribution < -0.4 is 10.6 Å². The van der Waals surface area contributed by atoms with Crippen molar-refractivity contribution < 1.29 is 14.0 Å². The van der Waals surface area contributed by atoms with Gasteiger partial charge in [0.1, 0.15) is 5.82 Å². The van der Waals surface area contributed by atoms with Gasteiger partial charge in [0.15, 0.2) is 5.13 Å². The Morgan fingerprint density at radius 2 is 1.88 bits per heavy atom. The lowest BCUT2D eigenvalue weighted by atomic mass is 10.2. The lowest BCUT2D eigenvalue weighted by molar-refractivity contribution is -0.114. The van der Waals surface area contributed by atoms with Gasteiger partial charge in [0.25, 0.3) is 5.91 Å². The normalized spacial score (nSPS) is 10.3. The third kappa shape index (κ3) is 4.27. The fraction of sp³-hybridized carbons (Fsp3) is 0.0556. The fourth-order valence-corrected chi connectivity index (χ4v) is 2.94. The minimum Gasteiger partial charge on any atom is -0.326 e. The molecular formula is C18H14FN3O2S. The summed E-state index contributed by atoms with van der Waals surface area (Å²) in [4.78, 5) is 27.7. The highest BCUT2D eigenvalue weighted by Gasteiger charge is 2.11. The van der Waals surface area contributed by atoms with Gasteiger partial charge < -0.3 is 5.32 Å². The van der Waals surface area contributed by atoms with Crippen LogP contribution in [-0.4, -0.2) is 16.8 Å². The Balaban J connectivity index is 1.75. The molecule has 5 nitrogen and oxygen atoms in total. The molecule has 7 heteroatoms. The Bertz CT molecular complexity index is 939. The van der Waals surface area contributed by atoms with E-state index < -0.39 is 0 Å². The first-order valence-electron chi connectivity index (χ1n) is 7.42. The molecule has 1 heterocycles. The average molecular weight is 355 g/mol. The van der Waals surface area contributed by atoms with E-state index in [2.05, 4.69) is 15.6 Å². The summed E-state index contributed by atoms with van der Waals surface area (Å²) in [5, 5.41) is 7.49. The van der Waals surface area contributed by atoms with Crippen molar-refractivity contribution >= 4 is 34.0 Å². The number of amides is 2. The smallest absolute Gasteiger partial charge is 0.257 e. The number of aromatic nitrogens is 1. The maximum absolute atomic E-state index is 13.3. The largest absolute Gasteiger partial charge is 0.326 e. The second-order valence-corrected chi connectivity index (χ2v) is 6.12. The monoisotopic (exact) mass is 355 g/mol. The number of thiazole rings is 1. The van der Waals surface area contributed by atoms with Gasteiger partial charge in [-0.2, -0.15) is 0 Å². The van der Waals surface area contributed by atoms with E-state index in [1.54, 1.807) is 41.8 Å². The first kappa shape index (κ1) is 16.8. The van der Waals surface area contributed by atoms with Crippen LogP contribution >= 0.6 is 11.3 Å². The van der Waals surface area contributed by atoms with Crippen LogP contribution in [0, 0.1) is 5.82 Å². The molecule has 2 aromatic carbocycles. The maximum atomic E-state index is 13.3. The molecule has 0 aliphatic carbocycles. The quantitative estimate of drug-likeness (QED) is 0.738. The number of hydrogen-bond donors (Lipinski definition) is 2. The van der Waals surface area contributed by atoms with Crippen LogP contribution in [0.15, 0.2) is 53.9 Å². The first-order chi connectivity index (χ1) is 12.0. The van der Waals surface area contributed by atoms with Gasteiger partial charge in [-0.15, -0.1) is 11.3 Å². The number of carbonyl (C=O) groups is 2. The zero-order valence-electron chi connectivity index (χ0n) is 13.2. The molecule has 126 valence electrons. The summed E-state index contributed by atoms with van der Waals surface area (Å²) in [6.45, 7) is 1.40. The number of benzene rings is 2. The molecule has 3 rings (SSSR count). The Morgan fingerprint density at radius 3 is 2.64 bits per heavy atom. The number of hydrogen-bond acceptors (Lipinski definition) is 4. The van der Waals surface area contributed by atoms with Gasteiger partial charge in [0, 0.05) is 29.1 Å². The molecule has 0 saturated carbocycles. The highest BCUT2D eigenvalue weighted by molar-refractivity contribution is 7.14. The SMILES string of the molecule is CC(=O)Nc1cccc(C(=O)Nc2nc(-c3cccc(F)c3)cs2)c1. The summed E-state index contributed by atoms with van der Waals surface area (Å²) in [5.41, 5.74) is 2.17. The molecule has 0 aliphatic heterocycles. The maximum Gasteiger partial charge on any atom is 0.257 e. The van der Waals surface area contributed by atoms with E-state index in [1.807, 2.05) is 0 Å². The summed E-state index contributed by atoms with van der Waals surface area (Å²) in [6.07, 6.45) is 0. The van der Waals surface area contributed by atoms with Crippen molar-refractivity contribution in [1.29, 1.82) is 0 Å². The molecule has 0 bridgehead atoms. The predicted octanol–water partition coefficient (Wildman–Crippen LogP) is 4.16. The number of carbonyl (C=O) groups excluding carboxylic acids is 2. The molecule has 1 aromatic heterocycles. The van der Waals surface area contributed by atoms with Crippen molar-refractivity contribution in [3.8, 4) is 11.3 Å². The molecule has 2 amide bonds. The van der Waals surface area contributed by atoms with Gasteiger partial charge in [-0.3, -0.25) is 14.9 Å². The molecule has 0 saturated heterocycles. The van der Waals surface area contributed by atoms with E-state index in [0.717, 1.165) is 0 Å². The van der Waals surface area contributed by atoms with Crippen LogP contribution in [0.25, 0.3) is 11.3 Å². The van der Waals surface area contributed by atoms with E-state index in [-0.39, 0.29) is 17.6 Å². The summed E-state index contributed by atoms with van der Waals surface area (Å²) in [6, 6.07) is 12.7. The summed E-state index contributed by atoms with van der Waals surface area (Å²) >= 11 is 1.25. The third-order valence-corrected chi connectivity index (χ3v) is 4.05. The molecule has 3 aromatic rings. The molecule has 0 atom stereocenters. The molecular weight excluding hydrogens is 341 g/mol. The van der Waals surface area contributed by atoms with Crippen LogP contribution in [0.3, 0.4) is 0 Å². The molecule has 0 unspecified atom stereocenters. The Kier molecular flexibility index (Phi) is 4.85. The van der Waals surface area contributed by atoms with Gasteiger partial charge in [0.05, 0.1) is 5.69 Å². The Hall–Kier alpha value is -3.06. The minimum absolute atomic E-state index is 0.211. The molecule has 0 radical (unpaired) electrons. The number of nitrogens with zero attached hydrogens (tertiary/aromatic N) is 1. The summed E-state index contributed by atoms with van der Waals surface area (Å²) in [7, 11) is 0. The predicted molar refractivity (Wildman–Crippen MR) is 96.2 cm³/mol. The third-order valence-electron chi connectivity index (χ3n) is 3.29. The second-order valence-electron chi connectivity index (χ2n) is 5.26. The van der Waals surface area contributed by atoms with Crippen LogP contribution in [0.1, 0.15) is 17.3 Å². The zero-order chi connectivity index (χ0) is 17.8. The van der Waals surface area contributed by atoms with Crippen molar-refractivity contribution in [2.24, 2.45) is 0 Å². The lowest BCUT2D eigenvalue weighted by Gasteiger charge is -2.05. The Labute approximate surface area is 147 Å². The van der Waals surface area contributed by atoms with Crippen LogP contribution in [0.2, 0.25) is 0 Å². The van der Waals surface area contributed by atoms with Crippen molar-refractivity contribution in [2.75, 3.05) is 10.6 Å². The van der Waals surface area contributed by atoms with Crippen LogP contribution in [-0.2, 0) is 4.79 Å². The van der Waals surface area contributed by atoms with E-state index in [0.29, 0.717) is 27.6 Å². The van der Waals surface area contributed by atoms with Gasteiger partial charge in [-0.1, -0.05) is 18.2 Å². The van der Waals surface area contributed by atoms with Crippen molar-refractivity contribution in [1.82, 2.24) is 4.98 Å². The van der Waals surface area contributed by atoms with E-state index in [4.69, 9.17) is 0 Å². The lowest BCUT2D eigenvalue weighted by Crippen LogP contribution is -2.13. The van der Waals surface area contributed by atoms with Crippen LogP contribution in [0.4, 0.5) is 15.2 Å². The van der Waals surface area contributed by atoms with Gasteiger partial charge >= 0.3 is 0 Å². The number of rotatable bonds is 4. The molecule has 0 spiro atoms. The van der Waals surface area contributed by atoms with E-state index >= 15 is 0 Å². The highest BCUT2D eigenvalue weighted by Crippen LogP contribution is 2.25. The molecule has 2 N–H and O–H groups in total. The topological polar surface area (TPSA) is 71.1 Å². The van der Waals surface area contributed by atoms with Gasteiger partial charge in [-0.25, -0.2) is 9.37 Å². The standard InChI is InChI=1S/C18H14FN3O2S/c1-11(23)20-15-7-3-5-13(9-15)17(24)22-18-21-16(10-25-18)12-4-2-6-14(19)8-12/h2-10H,1H3,(H,20,23)(H,21,22,24). The average Bonchev–Trinajstić information content (AvgIpc) is 3.03. The van der Waals surface area contributed by atoms with Crippen molar-refractivity contribution in [3.05, 3.63) is 65.3 Å². The zero-order valence-corrected chi connectivity index (χ0v) is 14.1. The number of anilines is 2. The summed E-state index contributed by atoms with van der Waals surface area (Å²) < 4.78 is 13.3. The van der Waals surface area contributed by atoms with E-state index in [1.165, 1.54) is 30.4 Å². The van der Waals surface area contributed by atoms with Crippen molar-refractivity contribution in [2.45, 2.75) is 6.92 Å². The molecule has 0 fully saturated rings. The molecule has 0 aliphatic rings. The van der Waals surface area contributed by atoms with Gasteiger partial charge in [0.2, 0.25) is 5.91 Å². The number of halogens is 1. The van der Waals surface area contributed by atoms with Crippen LogP contribution in [0.5, 0.6) is 0 Å². The minimum atomic E-state index is -0.342. The molecule has 25 heavy (non-hydrogen) atoms. The van der Waals surface area contributed by atoms with E-state index in [9.17, 15) is 14.0 Å². The Morgan fingerprint density at radius 1 is 1.08 bits per heavy atom.